The molecule has 0 heterocycles. The third kappa shape index (κ3) is 7.52. The van der Waals surface area contributed by atoms with Gasteiger partial charge in [0.2, 0.25) is 0 Å². The molecule has 0 saturated heterocycles. The van der Waals surface area contributed by atoms with Crippen molar-refractivity contribution in [1.82, 2.24) is 10.2 Å². The van der Waals surface area contributed by atoms with Crippen molar-refractivity contribution in [2.45, 2.75) is 53.3 Å². The van der Waals surface area contributed by atoms with Crippen molar-refractivity contribution in [2.24, 2.45) is 0 Å². The Hall–Kier alpha value is -2.86. The molecule has 0 aromatic heterocycles. The van der Waals surface area contributed by atoms with Gasteiger partial charge in [0.15, 0.2) is 0 Å². The van der Waals surface area contributed by atoms with E-state index in [2.05, 4.69) is 35.4 Å². The van der Waals surface area contributed by atoms with Crippen molar-refractivity contribution in [3.05, 3.63) is 65.2 Å². The number of carbonyl (C=O) groups excluding carboxylic acids is 2. The SMILES string of the molecule is CCN(CC)Cc1ccccc1CNC(=O)c1cccc(NC(=O)OC(C)(C)C)c1. The van der Waals surface area contributed by atoms with E-state index in [-0.39, 0.29) is 5.91 Å². The van der Waals surface area contributed by atoms with Crippen LogP contribution in [-0.4, -0.2) is 35.6 Å². The lowest BCUT2D eigenvalue weighted by Crippen LogP contribution is -2.27. The molecule has 2 N–H and O–H groups in total. The maximum absolute atomic E-state index is 12.7. The Balaban J connectivity index is 2.02. The Morgan fingerprint density at radius 3 is 2.27 bits per heavy atom. The number of anilines is 1. The van der Waals surface area contributed by atoms with Gasteiger partial charge < -0.3 is 10.1 Å². The molecule has 0 aliphatic heterocycles. The van der Waals surface area contributed by atoms with Gasteiger partial charge in [-0.25, -0.2) is 4.79 Å². The number of benzene rings is 2. The van der Waals surface area contributed by atoms with Crippen LogP contribution in [0.2, 0.25) is 0 Å². The minimum atomic E-state index is -0.586. The van der Waals surface area contributed by atoms with Gasteiger partial charge in [-0.1, -0.05) is 44.2 Å². The second-order valence-electron chi connectivity index (χ2n) is 8.12. The summed E-state index contributed by atoms with van der Waals surface area (Å²) < 4.78 is 5.26. The number of rotatable bonds is 8. The van der Waals surface area contributed by atoms with E-state index in [1.807, 2.05) is 18.2 Å². The van der Waals surface area contributed by atoms with Gasteiger partial charge in [-0.3, -0.25) is 15.0 Å². The van der Waals surface area contributed by atoms with Crippen molar-refractivity contribution in [3.8, 4) is 0 Å². The number of ether oxygens (including phenoxy) is 1. The molecule has 2 aromatic carbocycles. The lowest BCUT2D eigenvalue weighted by Gasteiger charge is -2.20. The fourth-order valence-electron chi connectivity index (χ4n) is 3.01. The Morgan fingerprint density at radius 1 is 0.967 bits per heavy atom. The first-order valence-electron chi connectivity index (χ1n) is 10.4. The number of nitrogens with zero attached hydrogens (tertiary/aromatic N) is 1. The van der Waals surface area contributed by atoms with Crippen LogP contribution in [-0.2, 0) is 17.8 Å². The van der Waals surface area contributed by atoms with Crippen LogP contribution < -0.4 is 10.6 Å². The van der Waals surface area contributed by atoms with Crippen molar-refractivity contribution in [1.29, 1.82) is 0 Å². The zero-order valence-corrected chi connectivity index (χ0v) is 18.6. The third-order valence-corrected chi connectivity index (χ3v) is 4.62. The third-order valence-electron chi connectivity index (χ3n) is 4.62. The number of amides is 2. The zero-order chi connectivity index (χ0) is 22.1. The van der Waals surface area contributed by atoms with Crippen molar-refractivity contribution < 1.29 is 14.3 Å². The molecule has 0 radical (unpaired) electrons. The molecule has 0 aliphatic rings. The maximum atomic E-state index is 12.7. The van der Waals surface area contributed by atoms with E-state index in [0.717, 1.165) is 25.2 Å². The van der Waals surface area contributed by atoms with Crippen LogP contribution in [0.25, 0.3) is 0 Å². The molecule has 0 bridgehead atoms. The molecule has 2 amide bonds. The highest BCUT2D eigenvalue weighted by Gasteiger charge is 2.16. The number of carbonyl (C=O) groups is 2. The van der Waals surface area contributed by atoms with Gasteiger partial charge in [0.1, 0.15) is 5.60 Å². The fraction of sp³-hybridized carbons (Fsp3) is 0.417. The van der Waals surface area contributed by atoms with Crippen molar-refractivity contribution in [2.75, 3.05) is 18.4 Å². The Bertz CT molecular complexity index is 855. The van der Waals surface area contributed by atoms with E-state index >= 15 is 0 Å². The summed E-state index contributed by atoms with van der Waals surface area (Å²) in [6.07, 6.45) is -0.551. The van der Waals surface area contributed by atoms with Crippen molar-refractivity contribution in [3.63, 3.8) is 0 Å². The number of hydrogen-bond acceptors (Lipinski definition) is 4. The van der Waals surface area contributed by atoms with E-state index in [4.69, 9.17) is 4.74 Å². The second kappa shape index (κ2) is 10.8. The minimum absolute atomic E-state index is 0.194. The smallest absolute Gasteiger partial charge is 0.412 e. The maximum Gasteiger partial charge on any atom is 0.412 e. The summed E-state index contributed by atoms with van der Waals surface area (Å²) in [5, 5.41) is 5.65. The van der Waals surface area contributed by atoms with Crippen molar-refractivity contribution >= 4 is 17.7 Å². The van der Waals surface area contributed by atoms with Gasteiger partial charge in [-0.05, 0) is 63.2 Å². The summed E-state index contributed by atoms with van der Waals surface area (Å²) in [5.41, 5.74) is 2.71. The Labute approximate surface area is 179 Å². The molecule has 6 heteroatoms. The quantitative estimate of drug-likeness (QED) is 0.654. The molecule has 30 heavy (non-hydrogen) atoms. The van der Waals surface area contributed by atoms with E-state index in [0.29, 0.717) is 17.8 Å². The molecule has 0 spiro atoms. The van der Waals surface area contributed by atoms with Crippen LogP contribution in [0, 0.1) is 0 Å². The van der Waals surface area contributed by atoms with E-state index < -0.39 is 11.7 Å². The van der Waals surface area contributed by atoms with Crippen LogP contribution in [0.4, 0.5) is 10.5 Å². The average molecular weight is 412 g/mol. The molecule has 2 rings (SSSR count). The molecule has 0 atom stereocenters. The highest BCUT2D eigenvalue weighted by Crippen LogP contribution is 2.15. The fourth-order valence-corrected chi connectivity index (χ4v) is 3.01. The lowest BCUT2D eigenvalue weighted by atomic mass is 10.1. The number of nitrogens with one attached hydrogen (secondary N) is 2. The summed E-state index contributed by atoms with van der Waals surface area (Å²) in [4.78, 5) is 27.0. The second-order valence-corrected chi connectivity index (χ2v) is 8.12. The molecule has 0 saturated carbocycles. The van der Waals surface area contributed by atoms with Crippen LogP contribution in [0.3, 0.4) is 0 Å². The van der Waals surface area contributed by atoms with E-state index in [9.17, 15) is 9.59 Å². The van der Waals surface area contributed by atoms with Gasteiger partial charge >= 0.3 is 6.09 Å². The topological polar surface area (TPSA) is 70.7 Å². The first-order chi connectivity index (χ1) is 14.2. The summed E-state index contributed by atoms with van der Waals surface area (Å²) in [5.74, 6) is -0.194. The molecular formula is C24H33N3O3. The summed E-state index contributed by atoms with van der Waals surface area (Å²) in [6, 6.07) is 15.0. The lowest BCUT2D eigenvalue weighted by molar-refractivity contribution is 0.0635. The van der Waals surface area contributed by atoms with Gasteiger partial charge in [-0.2, -0.15) is 0 Å². The Morgan fingerprint density at radius 2 is 1.63 bits per heavy atom. The van der Waals surface area contributed by atoms with Crippen LogP contribution in [0.15, 0.2) is 48.5 Å². The first kappa shape index (κ1) is 23.4. The van der Waals surface area contributed by atoms with Gasteiger partial charge in [0.05, 0.1) is 0 Å². The molecular weight excluding hydrogens is 378 g/mol. The van der Waals surface area contributed by atoms with E-state index in [1.54, 1.807) is 45.0 Å². The first-order valence-corrected chi connectivity index (χ1v) is 10.4. The highest BCUT2D eigenvalue weighted by molar-refractivity contribution is 5.96. The van der Waals surface area contributed by atoms with E-state index in [1.165, 1.54) is 5.56 Å². The van der Waals surface area contributed by atoms with Crippen LogP contribution in [0.5, 0.6) is 0 Å². The molecule has 2 aromatic rings. The summed E-state index contributed by atoms with van der Waals surface area (Å²) in [7, 11) is 0. The predicted molar refractivity (Wildman–Crippen MR) is 121 cm³/mol. The molecule has 6 nitrogen and oxygen atoms in total. The van der Waals surface area contributed by atoms with Crippen LogP contribution in [0.1, 0.15) is 56.1 Å². The van der Waals surface area contributed by atoms with Gasteiger partial charge in [0.25, 0.3) is 5.91 Å². The molecule has 162 valence electrons. The molecule has 0 aliphatic carbocycles. The van der Waals surface area contributed by atoms with Crippen LogP contribution >= 0.6 is 0 Å². The van der Waals surface area contributed by atoms with Gasteiger partial charge in [-0.15, -0.1) is 0 Å². The minimum Gasteiger partial charge on any atom is -0.444 e. The average Bonchev–Trinajstić information content (AvgIpc) is 2.69. The zero-order valence-electron chi connectivity index (χ0n) is 18.6. The van der Waals surface area contributed by atoms with Gasteiger partial charge in [0, 0.05) is 24.3 Å². The Kier molecular flexibility index (Phi) is 8.42. The predicted octanol–water partition coefficient (Wildman–Crippen LogP) is 4.81. The summed E-state index contributed by atoms with van der Waals surface area (Å²) >= 11 is 0. The molecule has 0 fully saturated rings. The molecule has 0 unspecified atom stereocenters. The largest absolute Gasteiger partial charge is 0.444 e. The summed E-state index contributed by atoms with van der Waals surface area (Å²) in [6.45, 7) is 13.0. The highest BCUT2D eigenvalue weighted by atomic mass is 16.6. The number of hydrogen-bond donors (Lipinski definition) is 2. The normalized spacial score (nSPS) is 11.3. The monoisotopic (exact) mass is 411 g/mol. The standard InChI is InChI=1S/C24H33N3O3/c1-6-27(7-2)17-20-12-9-8-11-19(20)16-25-22(28)18-13-10-14-21(15-18)26-23(29)30-24(3,4)5/h8-15H,6-7,16-17H2,1-5H3,(H,25,28)(H,26,29).